The number of hydrogen-bond acceptors (Lipinski definition) is 16. The van der Waals surface area contributed by atoms with Gasteiger partial charge in [0.25, 0.3) is 0 Å². The maximum absolute atomic E-state index is 14.3. The first-order chi connectivity index (χ1) is 32.9. The molecule has 1 saturated heterocycles. The normalized spacial score (nSPS) is 24.2. The molecule has 2 bridgehead atoms. The number of aliphatic carboxylic acids is 1. The number of aromatic nitrogens is 1. The van der Waals surface area contributed by atoms with E-state index in [4.69, 9.17) is 5.73 Å². The number of nitrogens with one attached hydrogen (secondary N) is 8. The lowest BCUT2D eigenvalue weighted by Gasteiger charge is -2.28. The Morgan fingerprint density at radius 2 is 1.36 bits per heavy atom. The van der Waals surface area contributed by atoms with Gasteiger partial charge in [0.05, 0.1) is 30.6 Å². The highest BCUT2D eigenvalue weighted by atomic mass is 32.2. The fourth-order valence-electron chi connectivity index (χ4n) is 7.15. The topological polar surface area (TPSA) is 370 Å². The van der Waals surface area contributed by atoms with E-state index in [1.54, 1.807) is 18.2 Å². The molecule has 14 N–H and O–H groups in total. The molecule has 3 heterocycles. The van der Waals surface area contributed by atoms with E-state index >= 15 is 0 Å². The third-order valence-corrected chi connectivity index (χ3v) is 13.0. The maximum atomic E-state index is 14.3. The summed E-state index contributed by atoms with van der Waals surface area (Å²) in [5.74, 6) is -8.41. The van der Waals surface area contributed by atoms with E-state index in [0.29, 0.717) is 29.9 Å². The summed E-state index contributed by atoms with van der Waals surface area (Å²) in [4.78, 5) is 125. The van der Waals surface area contributed by atoms with Crippen LogP contribution in [-0.2, 0) is 61.1 Å². The molecule has 69 heavy (non-hydrogen) atoms. The van der Waals surface area contributed by atoms with Gasteiger partial charge in [0, 0.05) is 35.9 Å². The third kappa shape index (κ3) is 18.4. The van der Waals surface area contributed by atoms with Crippen LogP contribution in [0, 0.1) is 5.92 Å². The van der Waals surface area contributed by atoms with Crippen LogP contribution in [-0.4, -0.2) is 158 Å². The SMILES string of the molecule is CC(C)C[C@@H]1NC(=O)[C@@H](NC(=O)[C@@H]2CCCN2)CSCc2cccc(n2)CSC[C@@H](C(=O)N[C@@H](CO)C(=O)O)NC(=O)[C@H](CO)NC(=O)[C@H](CCC(N)=O)NC(=O)[C@H](Cc2ccc(O)cc2)NC1=O. The van der Waals surface area contributed by atoms with Gasteiger partial charge in [-0.05, 0) is 68.0 Å². The van der Waals surface area contributed by atoms with Gasteiger partial charge in [-0.25, -0.2) is 4.79 Å². The standard InChI is InChI=1S/C44H62N10O13S2/c1-23(2)15-30-39(61)50-31(16-24-8-10-27(57)11-9-24)40(62)48-29(12-13-36(45)58)38(60)51-32(17-55)41(63)54-35(43(65)52-33(18-56)44(66)67)22-69-20-26-6-3-5-25(47-26)19-68-21-34(42(64)49-30)53-37(59)28-7-4-14-46-28/h3,5-6,8-11,23,28-35,46,55-57H,4,7,12-22H2,1-2H3,(H2,45,58)(H,48,62)(H,49,64)(H,50,61)(H,51,60)(H,52,65)(H,53,59)(H,54,63)(H,66,67)/t28-,29-,30-,31-,32-,33-,34-,35-/m0/s1. The zero-order valence-electron chi connectivity index (χ0n) is 38.2. The molecule has 8 amide bonds. The number of aliphatic hydroxyl groups is 2. The first-order valence-corrected chi connectivity index (χ1v) is 24.6. The molecule has 8 atom stereocenters. The number of carboxylic acid groups (broad SMARTS) is 1. The molecule has 378 valence electrons. The van der Waals surface area contributed by atoms with Gasteiger partial charge in [-0.1, -0.05) is 32.0 Å². The highest BCUT2D eigenvalue weighted by Crippen LogP contribution is 2.18. The fraction of sp³-hybridized carbons (Fsp3) is 0.545. The summed E-state index contributed by atoms with van der Waals surface area (Å²) >= 11 is 2.40. The average Bonchev–Trinajstić information content (AvgIpc) is 3.86. The Balaban J connectivity index is 1.75. The summed E-state index contributed by atoms with van der Waals surface area (Å²) in [6.07, 6.45) is 0.319. The van der Waals surface area contributed by atoms with Gasteiger partial charge in [0.1, 0.15) is 48.0 Å². The average molecular weight is 1000 g/mol. The highest BCUT2D eigenvalue weighted by molar-refractivity contribution is 7.98. The monoisotopic (exact) mass is 1000 g/mol. The molecular formula is C44H62N10O13S2. The van der Waals surface area contributed by atoms with Crippen LogP contribution in [0.2, 0.25) is 0 Å². The van der Waals surface area contributed by atoms with Gasteiger partial charge in [-0.3, -0.25) is 43.3 Å². The molecular weight excluding hydrogens is 941 g/mol. The number of rotatable bonds is 14. The van der Waals surface area contributed by atoms with Crippen molar-refractivity contribution in [2.24, 2.45) is 11.7 Å². The summed E-state index contributed by atoms with van der Waals surface area (Å²) in [5.41, 5.74) is 6.98. The van der Waals surface area contributed by atoms with E-state index in [-0.39, 0.29) is 47.5 Å². The van der Waals surface area contributed by atoms with Crippen molar-refractivity contribution in [1.29, 1.82) is 0 Å². The third-order valence-electron chi connectivity index (χ3n) is 10.9. The van der Waals surface area contributed by atoms with Crippen LogP contribution in [0.5, 0.6) is 5.75 Å². The second-order valence-corrected chi connectivity index (χ2v) is 19.0. The number of primary amides is 1. The van der Waals surface area contributed by atoms with Crippen molar-refractivity contribution < 1.29 is 63.6 Å². The van der Waals surface area contributed by atoms with Crippen LogP contribution < -0.4 is 48.3 Å². The van der Waals surface area contributed by atoms with Gasteiger partial charge in [-0.15, -0.1) is 0 Å². The van der Waals surface area contributed by atoms with Crippen LogP contribution in [0.25, 0.3) is 0 Å². The van der Waals surface area contributed by atoms with Crippen LogP contribution in [0.15, 0.2) is 42.5 Å². The number of nitrogens with two attached hydrogens (primary N) is 1. The number of phenolic OH excluding ortho intramolecular Hbond substituents is 1. The van der Waals surface area contributed by atoms with Crippen molar-refractivity contribution in [3.8, 4) is 5.75 Å². The second kappa shape index (κ2) is 27.8. The minimum absolute atomic E-state index is 0.0537. The number of carbonyl (C=O) groups excluding carboxylic acids is 8. The van der Waals surface area contributed by atoms with Crippen LogP contribution in [0.3, 0.4) is 0 Å². The smallest absolute Gasteiger partial charge is 0.328 e. The highest BCUT2D eigenvalue weighted by Gasteiger charge is 2.35. The molecule has 2 aliphatic heterocycles. The minimum atomic E-state index is -1.78. The molecule has 1 aromatic heterocycles. The van der Waals surface area contributed by atoms with Crippen LogP contribution in [0.1, 0.15) is 62.9 Å². The summed E-state index contributed by atoms with van der Waals surface area (Å²) in [7, 11) is 0. The van der Waals surface area contributed by atoms with E-state index in [9.17, 15) is 63.6 Å². The summed E-state index contributed by atoms with van der Waals surface area (Å²) < 4.78 is 0. The Kier molecular flexibility index (Phi) is 22.4. The molecule has 2 aliphatic rings. The molecule has 25 heteroatoms. The molecule has 1 aromatic carbocycles. The van der Waals surface area contributed by atoms with Crippen molar-refractivity contribution in [1.82, 2.24) is 47.5 Å². The maximum Gasteiger partial charge on any atom is 0.328 e. The van der Waals surface area contributed by atoms with Gasteiger partial charge < -0.3 is 68.7 Å². The largest absolute Gasteiger partial charge is 0.508 e. The first kappa shape index (κ1) is 55.6. The zero-order valence-corrected chi connectivity index (χ0v) is 39.9. The number of nitrogens with zero attached hydrogens (tertiary/aromatic N) is 1. The number of phenols is 1. The van der Waals surface area contributed by atoms with Crippen LogP contribution in [0.4, 0.5) is 0 Å². The van der Waals surface area contributed by atoms with Gasteiger partial charge in [0.2, 0.25) is 47.3 Å². The number of carbonyl (C=O) groups is 9. The number of aliphatic hydroxyl groups excluding tert-OH is 2. The predicted octanol–water partition coefficient (Wildman–Crippen LogP) is -2.96. The number of hydrogen-bond donors (Lipinski definition) is 13. The number of fused-ring (bicyclic) bond motifs is 2. The molecule has 0 unspecified atom stereocenters. The predicted molar refractivity (Wildman–Crippen MR) is 253 cm³/mol. The molecule has 0 saturated carbocycles. The van der Waals surface area contributed by atoms with Crippen molar-refractivity contribution in [2.75, 3.05) is 31.3 Å². The lowest BCUT2D eigenvalue weighted by atomic mass is 10.00. The van der Waals surface area contributed by atoms with E-state index < -0.39 is 128 Å². The minimum Gasteiger partial charge on any atom is -0.508 e. The Bertz CT molecular complexity index is 2130. The molecule has 0 aliphatic carbocycles. The number of aromatic hydroxyl groups is 1. The van der Waals surface area contributed by atoms with Crippen molar-refractivity contribution in [3.05, 3.63) is 59.4 Å². The Morgan fingerprint density at radius 1 is 0.768 bits per heavy atom. The number of thioether (sulfide) groups is 2. The number of carboxylic acids is 1. The summed E-state index contributed by atoms with van der Waals surface area (Å²) in [6, 6.07) is -0.140. The number of amides is 8. The van der Waals surface area contributed by atoms with Gasteiger partial charge in [0.15, 0.2) is 0 Å². The lowest BCUT2D eigenvalue weighted by molar-refractivity contribution is -0.143. The van der Waals surface area contributed by atoms with Crippen molar-refractivity contribution in [2.45, 2.75) is 112 Å². The number of benzene rings is 1. The van der Waals surface area contributed by atoms with Gasteiger partial charge in [-0.2, -0.15) is 23.5 Å². The molecule has 23 nitrogen and oxygen atoms in total. The Labute approximate surface area is 406 Å². The molecule has 0 radical (unpaired) electrons. The lowest BCUT2D eigenvalue weighted by Crippen LogP contribution is -2.61. The Hall–Kier alpha value is -6.02. The number of pyridine rings is 1. The van der Waals surface area contributed by atoms with Crippen molar-refractivity contribution in [3.63, 3.8) is 0 Å². The fourth-order valence-corrected chi connectivity index (χ4v) is 9.06. The second-order valence-electron chi connectivity index (χ2n) is 16.9. The van der Waals surface area contributed by atoms with E-state index in [2.05, 4.69) is 47.5 Å². The molecule has 4 rings (SSSR count). The molecule has 0 spiro atoms. The van der Waals surface area contributed by atoms with E-state index in [1.165, 1.54) is 36.0 Å². The van der Waals surface area contributed by atoms with E-state index in [0.717, 1.165) is 18.2 Å². The summed E-state index contributed by atoms with van der Waals surface area (Å²) in [5, 5.41) is 60.0. The van der Waals surface area contributed by atoms with Gasteiger partial charge >= 0.3 is 5.97 Å². The quantitative estimate of drug-likeness (QED) is 0.0899. The molecule has 1 fully saturated rings. The zero-order chi connectivity index (χ0) is 50.6. The molecule has 2 aromatic rings. The first-order valence-electron chi connectivity index (χ1n) is 22.3. The van der Waals surface area contributed by atoms with E-state index in [1.807, 2.05) is 13.8 Å². The Morgan fingerprint density at radius 3 is 1.96 bits per heavy atom. The summed E-state index contributed by atoms with van der Waals surface area (Å²) in [6.45, 7) is 2.24. The van der Waals surface area contributed by atoms with Crippen LogP contribution >= 0.6 is 23.5 Å². The van der Waals surface area contributed by atoms with Crippen molar-refractivity contribution >= 4 is 76.8 Å².